The Balaban J connectivity index is 1.94. The molecule has 8 nitrogen and oxygen atoms in total. The van der Waals surface area contributed by atoms with Crippen molar-refractivity contribution in [1.29, 1.82) is 0 Å². The van der Waals surface area contributed by atoms with Gasteiger partial charge in [-0.15, -0.1) is 10.2 Å². The lowest BCUT2D eigenvalue weighted by Gasteiger charge is -2.13. The number of aryl methyl sites for hydroxylation is 1. The first-order chi connectivity index (χ1) is 12.6. The molecule has 0 aliphatic heterocycles. The van der Waals surface area contributed by atoms with Gasteiger partial charge in [0.1, 0.15) is 17.5 Å². The summed E-state index contributed by atoms with van der Waals surface area (Å²) >= 11 is 0. The lowest BCUT2D eigenvalue weighted by molar-refractivity contribution is 0.0958. The van der Waals surface area contributed by atoms with Crippen LogP contribution in [-0.2, 0) is 0 Å². The highest BCUT2D eigenvalue weighted by atomic mass is 19.1. The number of pyridine rings is 2. The summed E-state index contributed by atoms with van der Waals surface area (Å²) in [4.78, 5) is 20.2. The summed E-state index contributed by atoms with van der Waals surface area (Å²) in [5, 5.41) is 16.5. The molecule has 0 radical (unpaired) electrons. The quantitative estimate of drug-likeness (QED) is 0.647. The van der Waals surface area contributed by atoms with Gasteiger partial charge in [-0.2, -0.15) is 0 Å². The Morgan fingerprint density at radius 2 is 1.92 bits per heavy atom. The maximum Gasteiger partial charge on any atom is 0.273 e. The van der Waals surface area contributed by atoms with Crippen LogP contribution < -0.4 is 16.0 Å². The molecule has 0 unspecified atom stereocenters. The second-order valence-electron chi connectivity index (χ2n) is 5.35. The van der Waals surface area contributed by atoms with Gasteiger partial charge in [-0.25, -0.2) is 14.4 Å². The molecule has 0 spiro atoms. The molecule has 3 aromatic heterocycles. The van der Waals surface area contributed by atoms with Crippen molar-refractivity contribution < 1.29 is 9.18 Å². The average Bonchev–Trinajstić information content (AvgIpc) is 2.65. The van der Waals surface area contributed by atoms with Crippen LogP contribution in [0.3, 0.4) is 0 Å². The highest BCUT2D eigenvalue weighted by Gasteiger charge is 2.15. The van der Waals surface area contributed by atoms with E-state index in [0.29, 0.717) is 23.1 Å². The van der Waals surface area contributed by atoms with Crippen LogP contribution in [0.1, 0.15) is 16.1 Å². The maximum absolute atomic E-state index is 13.0. The molecule has 0 aromatic carbocycles. The van der Waals surface area contributed by atoms with Gasteiger partial charge in [-0.3, -0.25) is 4.79 Å². The Bertz CT molecular complexity index is 931. The van der Waals surface area contributed by atoms with Gasteiger partial charge >= 0.3 is 0 Å². The highest BCUT2D eigenvalue weighted by Crippen LogP contribution is 2.23. The van der Waals surface area contributed by atoms with Crippen molar-refractivity contribution in [3.63, 3.8) is 0 Å². The molecule has 3 rings (SSSR count). The molecule has 9 heteroatoms. The summed E-state index contributed by atoms with van der Waals surface area (Å²) in [6, 6.07) is 8.07. The zero-order valence-corrected chi connectivity index (χ0v) is 14.1. The zero-order valence-electron chi connectivity index (χ0n) is 14.1. The first-order valence-corrected chi connectivity index (χ1v) is 7.74. The molecule has 26 heavy (non-hydrogen) atoms. The third-order valence-corrected chi connectivity index (χ3v) is 3.48. The van der Waals surface area contributed by atoms with Gasteiger partial charge in [-0.05, 0) is 30.7 Å². The molecule has 3 heterocycles. The second-order valence-corrected chi connectivity index (χ2v) is 5.35. The van der Waals surface area contributed by atoms with Crippen molar-refractivity contribution >= 4 is 29.0 Å². The molecule has 0 aliphatic rings. The molecule has 0 saturated heterocycles. The average molecular weight is 353 g/mol. The smallest absolute Gasteiger partial charge is 0.273 e. The summed E-state index contributed by atoms with van der Waals surface area (Å²) < 4.78 is 13.0. The first-order valence-electron chi connectivity index (χ1n) is 7.74. The SMILES string of the molecule is CNC(=O)c1nnc(Nc2ccc(F)cn2)cc1Nc1ncccc1C. The maximum atomic E-state index is 13.0. The summed E-state index contributed by atoms with van der Waals surface area (Å²) in [5.74, 6) is 0.502. The van der Waals surface area contributed by atoms with Crippen molar-refractivity contribution in [3.8, 4) is 0 Å². The molecule has 1 amide bonds. The number of nitrogens with zero attached hydrogens (tertiary/aromatic N) is 4. The monoisotopic (exact) mass is 353 g/mol. The summed E-state index contributed by atoms with van der Waals surface area (Å²) in [6.07, 6.45) is 2.73. The van der Waals surface area contributed by atoms with Crippen molar-refractivity contribution in [2.75, 3.05) is 17.7 Å². The number of carbonyl (C=O) groups is 1. The van der Waals surface area contributed by atoms with E-state index >= 15 is 0 Å². The lowest BCUT2D eigenvalue weighted by atomic mass is 10.2. The van der Waals surface area contributed by atoms with Crippen molar-refractivity contribution in [1.82, 2.24) is 25.5 Å². The van der Waals surface area contributed by atoms with E-state index in [1.165, 1.54) is 19.2 Å². The minimum absolute atomic E-state index is 0.121. The molecule has 0 atom stereocenters. The van der Waals surface area contributed by atoms with E-state index in [2.05, 4.69) is 36.1 Å². The number of carbonyl (C=O) groups excluding carboxylic acids is 1. The first kappa shape index (κ1) is 17.2. The number of anilines is 4. The minimum Gasteiger partial charge on any atom is -0.354 e. The second kappa shape index (κ2) is 7.51. The fourth-order valence-corrected chi connectivity index (χ4v) is 2.16. The van der Waals surface area contributed by atoms with Crippen LogP contribution in [0, 0.1) is 12.7 Å². The molecule has 0 saturated carbocycles. The summed E-state index contributed by atoms with van der Waals surface area (Å²) in [7, 11) is 1.51. The number of rotatable bonds is 5. The van der Waals surface area contributed by atoms with Gasteiger partial charge in [0, 0.05) is 19.3 Å². The highest BCUT2D eigenvalue weighted by molar-refractivity contribution is 5.98. The van der Waals surface area contributed by atoms with E-state index < -0.39 is 5.82 Å². The predicted molar refractivity (Wildman–Crippen MR) is 95.2 cm³/mol. The predicted octanol–water partition coefficient (Wildman–Crippen LogP) is 2.56. The topological polar surface area (TPSA) is 105 Å². The largest absolute Gasteiger partial charge is 0.354 e. The van der Waals surface area contributed by atoms with Crippen LogP contribution in [0.25, 0.3) is 0 Å². The van der Waals surface area contributed by atoms with Crippen molar-refractivity contribution in [3.05, 3.63) is 59.8 Å². The van der Waals surface area contributed by atoms with Gasteiger partial charge in [-0.1, -0.05) is 6.07 Å². The Morgan fingerprint density at radius 1 is 1.08 bits per heavy atom. The van der Waals surface area contributed by atoms with E-state index in [1.807, 2.05) is 19.1 Å². The number of hydrogen-bond donors (Lipinski definition) is 3. The molecule has 0 bridgehead atoms. The third kappa shape index (κ3) is 3.89. The Kier molecular flexibility index (Phi) is 4.97. The zero-order chi connectivity index (χ0) is 18.5. The number of nitrogens with one attached hydrogen (secondary N) is 3. The molecule has 3 aromatic rings. The Hall–Kier alpha value is -3.62. The lowest BCUT2D eigenvalue weighted by Crippen LogP contribution is -2.21. The standard InChI is InChI=1S/C17H16FN7O/c1-10-4-3-7-20-16(10)22-12-8-14(24-25-15(12)17(26)19-2)23-13-6-5-11(18)9-21-13/h3-9H,1-2H3,(H,19,26)(H2,20,21,22,23,24). The van der Waals surface area contributed by atoms with E-state index in [9.17, 15) is 9.18 Å². The van der Waals surface area contributed by atoms with Crippen molar-refractivity contribution in [2.24, 2.45) is 0 Å². The van der Waals surface area contributed by atoms with E-state index in [1.54, 1.807) is 12.3 Å². The Labute approximate surface area is 148 Å². The molecule has 3 N–H and O–H groups in total. The van der Waals surface area contributed by atoms with E-state index in [-0.39, 0.29) is 11.6 Å². The fraction of sp³-hybridized carbons (Fsp3) is 0.118. The third-order valence-electron chi connectivity index (χ3n) is 3.48. The number of aromatic nitrogens is 4. The van der Waals surface area contributed by atoms with Gasteiger partial charge < -0.3 is 16.0 Å². The van der Waals surface area contributed by atoms with Gasteiger partial charge in [0.25, 0.3) is 5.91 Å². The molecule has 0 aliphatic carbocycles. The van der Waals surface area contributed by atoms with Crippen molar-refractivity contribution in [2.45, 2.75) is 6.92 Å². The molecular formula is C17H16FN7O. The molecular weight excluding hydrogens is 337 g/mol. The van der Waals surface area contributed by atoms with Crippen LogP contribution in [0.4, 0.5) is 27.5 Å². The van der Waals surface area contributed by atoms with Gasteiger partial charge in [0.15, 0.2) is 11.5 Å². The number of halogens is 1. The van der Waals surface area contributed by atoms with Gasteiger partial charge in [0.2, 0.25) is 0 Å². The van der Waals surface area contributed by atoms with Crippen LogP contribution in [-0.4, -0.2) is 33.1 Å². The Morgan fingerprint density at radius 3 is 2.62 bits per heavy atom. The number of hydrogen-bond acceptors (Lipinski definition) is 7. The normalized spacial score (nSPS) is 10.3. The summed E-state index contributed by atoms with van der Waals surface area (Å²) in [5.41, 5.74) is 1.45. The molecule has 132 valence electrons. The van der Waals surface area contributed by atoms with Crippen LogP contribution in [0.2, 0.25) is 0 Å². The van der Waals surface area contributed by atoms with Crippen LogP contribution in [0.5, 0.6) is 0 Å². The van der Waals surface area contributed by atoms with E-state index in [0.717, 1.165) is 11.8 Å². The van der Waals surface area contributed by atoms with Crippen LogP contribution in [0.15, 0.2) is 42.7 Å². The minimum atomic E-state index is -0.440. The number of amides is 1. The molecule has 0 fully saturated rings. The summed E-state index contributed by atoms with van der Waals surface area (Å²) in [6.45, 7) is 1.89. The van der Waals surface area contributed by atoms with Gasteiger partial charge in [0.05, 0.1) is 11.9 Å². The fourth-order valence-electron chi connectivity index (χ4n) is 2.16. The van der Waals surface area contributed by atoms with Crippen LogP contribution >= 0.6 is 0 Å². The van der Waals surface area contributed by atoms with E-state index in [4.69, 9.17) is 0 Å².